The lowest BCUT2D eigenvalue weighted by molar-refractivity contribution is -0.110. The van der Waals surface area contributed by atoms with Crippen molar-refractivity contribution in [3.8, 4) is 17.2 Å². The molecular formula is C15H10I5NO3. The zero-order valence-electron chi connectivity index (χ0n) is 11.8. The maximum absolute atomic E-state index is 11.3. The third-order valence-electron chi connectivity index (χ3n) is 3.02. The Bertz CT molecular complexity index is 751. The normalized spacial score (nSPS) is 12.1. The summed E-state index contributed by atoms with van der Waals surface area (Å²) in [6.45, 7) is 0. The Labute approximate surface area is 207 Å². The molecule has 128 valence electrons. The van der Waals surface area contributed by atoms with Gasteiger partial charge in [0.2, 0.25) is 3.79 Å². The first-order valence-corrected chi connectivity index (χ1v) is 11.9. The van der Waals surface area contributed by atoms with Gasteiger partial charge in [-0.2, -0.15) is 0 Å². The maximum atomic E-state index is 11.3. The molecule has 3 N–H and O–H groups in total. The van der Waals surface area contributed by atoms with Crippen LogP contribution in [0.2, 0.25) is 0 Å². The van der Waals surface area contributed by atoms with Crippen LogP contribution >= 0.6 is 113 Å². The first kappa shape index (κ1) is 21.6. The van der Waals surface area contributed by atoms with Crippen LogP contribution in [0, 0.1) is 14.3 Å². The van der Waals surface area contributed by atoms with Gasteiger partial charge in [-0.1, -0.05) is 0 Å². The van der Waals surface area contributed by atoms with Crippen molar-refractivity contribution in [2.45, 2.75) is 12.5 Å². The van der Waals surface area contributed by atoms with E-state index in [1.54, 1.807) is 34.7 Å². The lowest BCUT2D eigenvalue weighted by Crippen LogP contribution is -2.28. The molecule has 0 aliphatic carbocycles. The monoisotopic (exact) mass is 887 g/mol. The molecule has 0 heterocycles. The quantitative estimate of drug-likeness (QED) is 0.311. The molecule has 0 saturated heterocycles. The Hall–Kier alpha value is 1.32. The number of ether oxygens (including phenoxy) is 1. The third-order valence-corrected chi connectivity index (χ3v) is 7.06. The van der Waals surface area contributed by atoms with E-state index in [1.807, 2.05) is 12.1 Å². The van der Waals surface area contributed by atoms with Gasteiger partial charge in [-0.05, 0) is 127 Å². The number of hydrogen-bond acceptors (Lipinski definition) is 4. The SMILES string of the molecule is N[C@@H](Cc1cc(I)c(Oc2cc(I)c(O)c(I)c2)c(I)c1)C(=O)I. The number of hydrogen-bond donors (Lipinski definition) is 2. The van der Waals surface area contributed by atoms with E-state index >= 15 is 0 Å². The Balaban J connectivity index is 2.30. The fourth-order valence-electron chi connectivity index (χ4n) is 1.88. The second-order valence-electron chi connectivity index (χ2n) is 4.84. The molecule has 9 heteroatoms. The average Bonchev–Trinajstić information content (AvgIpc) is 2.48. The molecule has 0 spiro atoms. The zero-order chi connectivity index (χ0) is 18.0. The van der Waals surface area contributed by atoms with Crippen LogP contribution < -0.4 is 10.5 Å². The molecule has 2 rings (SSSR count). The molecule has 1 atom stereocenters. The van der Waals surface area contributed by atoms with Gasteiger partial charge in [0, 0.05) is 22.6 Å². The fraction of sp³-hybridized carbons (Fsp3) is 0.133. The van der Waals surface area contributed by atoms with Crippen LogP contribution in [0.1, 0.15) is 5.56 Å². The highest BCUT2D eigenvalue weighted by Gasteiger charge is 2.16. The highest BCUT2D eigenvalue weighted by molar-refractivity contribution is 14.1. The molecule has 0 aliphatic rings. The number of carbonyl (C=O) groups is 1. The van der Waals surface area contributed by atoms with Gasteiger partial charge >= 0.3 is 0 Å². The van der Waals surface area contributed by atoms with Crippen molar-refractivity contribution in [3.05, 3.63) is 44.1 Å². The molecule has 0 aromatic heterocycles. The maximum Gasteiger partial charge on any atom is 0.209 e. The second-order valence-corrected chi connectivity index (χ2v) is 10.6. The van der Waals surface area contributed by atoms with E-state index in [4.69, 9.17) is 10.5 Å². The van der Waals surface area contributed by atoms with Gasteiger partial charge in [0.05, 0.1) is 20.3 Å². The molecule has 0 bridgehead atoms. The molecule has 0 amide bonds. The van der Waals surface area contributed by atoms with E-state index < -0.39 is 6.04 Å². The minimum absolute atomic E-state index is 0.0498. The number of halogens is 5. The third kappa shape index (κ3) is 5.66. The minimum atomic E-state index is -0.496. The summed E-state index contributed by atoms with van der Waals surface area (Å²) in [5.41, 5.74) is 6.84. The van der Waals surface area contributed by atoms with Crippen molar-refractivity contribution < 1.29 is 14.6 Å². The lowest BCUT2D eigenvalue weighted by atomic mass is 10.1. The van der Waals surface area contributed by atoms with Crippen molar-refractivity contribution in [2.24, 2.45) is 5.73 Å². The highest BCUT2D eigenvalue weighted by atomic mass is 127. The van der Waals surface area contributed by atoms with E-state index in [-0.39, 0.29) is 9.54 Å². The van der Waals surface area contributed by atoms with Crippen LogP contribution in [0.3, 0.4) is 0 Å². The van der Waals surface area contributed by atoms with Crippen LogP contribution in [0.15, 0.2) is 24.3 Å². The van der Waals surface area contributed by atoms with Crippen LogP contribution in [0.25, 0.3) is 0 Å². The molecule has 0 aliphatic heterocycles. The van der Waals surface area contributed by atoms with Gasteiger partial charge in [-0.3, -0.25) is 4.79 Å². The van der Waals surface area contributed by atoms with Crippen molar-refractivity contribution in [3.63, 3.8) is 0 Å². The van der Waals surface area contributed by atoms with Crippen molar-refractivity contribution in [1.82, 2.24) is 0 Å². The molecule has 0 radical (unpaired) electrons. The summed E-state index contributed by atoms with van der Waals surface area (Å²) in [6.07, 6.45) is 0.503. The Kier molecular flexibility index (Phi) is 8.55. The van der Waals surface area contributed by atoms with Gasteiger partial charge in [0.15, 0.2) is 5.75 Å². The van der Waals surface area contributed by atoms with E-state index in [0.717, 1.165) is 25.6 Å². The first-order valence-electron chi connectivity index (χ1n) is 6.47. The molecule has 0 saturated carbocycles. The van der Waals surface area contributed by atoms with Gasteiger partial charge in [-0.25, -0.2) is 0 Å². The fourth-order valence-corrected chi connectivity index (χ4v) is 5.93. The van der Waals surface area contributed by atoms with Crippen molar-refractivity contribution in [2.75, 3.05) is 0 Å². The van der Waals surface area contributed by atoms with Gasteiger partial charge in [-0.15, -0.1) is 0 Å². The van der Waals surface area contributed by atoms with Gasteiger partial charge in [0.1, 0.15) is 11.5 Å². The summed E-state index contributed by atoms with van der Waals surface area (Å²) in [7, 11) is 0. The Morgan fingerprint density at radius 3 is 2.00 bits per heavy atom. The predicted octanol–water partition coefficient (Wildman–Crippen LogP) is 5.43. The molecule has 2 aromatic rings. The first-order chi connectivity index (χ1) is 11.2. The number of benzene rings is 2. The summed E-state index contributed by atoms with van der Waals surface area (Å²) in [4.78, 5) is 11.3. The number of nitrogens with two attached hydrogens (primary N) is 1. The molecular weight excluding hydrogens is 877 g/mol. The lowest BCUT2D eigenvalue weighted by Gasteiger charge is -2.14. The second kappa shape index (κ2) is 9.50. The number of aromatic hydroxyl groups is 1. The van der Waals surface area contributed by atoms with Gasteiger partial charge < -0.3 is 15.6 Å². The predicted molar refractivity (Wildman–Crippen MR) is 136 cm³/mol. The number of carbonyl (C=O) groups excluding carboxylic acids is 1. The number of phenols is 1. The molecule has 0 fully saturated rings. The summed E-state index contributed by atoms with van der Waals surface area (Å²) in [6, 6.07) is 7.05. The smallest absolute Gasteiger partial charge is 0.209 e. The minimum Gasteiger partial charge on any atom is -0.506 e. The summed E-state index contributed by atoms with van der Waals surface area (Å²) >= 11 is 10.3. The van der Waals surface area contributed by atoms with Crippen molar-refractivity contribution >= 4 is 117 Å². The van der Waals surface area contributed by atoms with Crippen LogP contribution in [0.4, 0.5) is 0 Å². The number of phenolic OH excluding ortho intramolecular Hbond substituents is 1. The van der Waals surface area contributed by atoms with E-state index in [1.165, 1.54) is 0 Å². The standard InChI is InChI=1S/C15H10I5NO3/c16-8-4-7(5-9(17)13(8)22)24-14-10(18)1-6(2-11(14)19)3-12(21)15(20)23/h1-2,4-5,12,22H,3,21H2/t12-/m0/s1. The summed E-state index contributed by atoms with van der Waals surface area (Å²) in [5, 5.41) is 9.86. The van der Waals surface area contributed by atoms with E-state index in [9.17, 15) is 9.90 Å². The highest BCUT2D eigenvalue weighted by Crippen LogP contribution is 2.36. The van der Waals surface area contributed by atoms with Crippen LogP contribution in [-0.2, 0) is 11.2 Å². The van der Waals surface area contributed by atoms with E-state index in [2.05, 4.69) is 90.4 Å². The topological polar surface area (TPSA) is 72.6 Å². The summed E-state index contributed by atoms with van der Waals surface area (Å²) in [5.74, 6) is 1.69. The molecule has 24 heavy (non-hydrogen) atoms. The van der Waals surface area contributed by atoms with Crippen LogP contribution in [0.5, 0.6) is 17.2 Å². The van der Waals surface area contributed by atoms with E-state index in [0.29, 0.717) is 12.2 Å². The largest absolute Gasteiger partial charge is 0.506 e. The summed E-state index contributed by atoms with van der Waals surface area (Å²) < 4.78 is 9.35. The Morgan fingerprint density at radius 2 is 1.54 bits per heavy atom. The van der Waals surface area contributed by atoms with Crippen LogP contribution in [-0.4, -0.2) is 14.9 Å². The molecule has 4 nitrogen and oxygen atoms in total. The van der Waals surface area contributed by atoms with Crippen molar-refractivity contribution in [1.29, 1.82) is 0 Å². The number of rotatable bonds is 5. The van der Waals surface area contributed by atoms with Gasteiger partial charge in [0.25, 0.3) is 0 Å². The zero-order valence-corrected chi connectivity index (χ0v) is 22.6. The Morgan fingerprint density at radius 1 is 1.04 bits per heavy atom. The average molecular weight is 887 g/mol. The molecule has 0 unspecified atom stereocenters. The molecule has 2 aromatic carbocycles.